The van der Waals surface area contributed by atoms with E-state index in [4.69, 9.17) is 9.25 Å². The topological polar surface area (TPSA) is 107 Å². The molecular weight excluding hydrogens is 316 g/mol. The molecule has 0 saturated carbocycles. The Bertz CT molecular complexity index is 786. The van der Waals surface area contributed by atoms with E-state index in [2.05, 4.69) is 19.9 Å². The highest BCUT2D eigenvalue weighted by Crippen LogP contribution is 2.18. The van der Waals surface area contributed by atoms with Crippen LogP contribution < -0.4 is 0 Å². The Morgan fingerprint density at radius 3 is 2.92 bits per heavy atom. The minimum absolute atomic E-state index is 0.0549. The van der Waals surface area contributed by atoms with Gasteiger partial charge < -0.3 is 14.0 Å². The summed E-state index contributed by atoms with van der Waals surface area (Å²) in [7, 11) is 1.26. The first-order chi connectivity index (χ1) is 11.6. The van der Waals surface area contributed by atoms with Crippen LogP contribution in [0.4, 0.5) is 0 Å². The van der Waals surface area contributed by atoms with Gasteiger partial charge in [-0.3, -0.25) is 14.7 Å². The van der Waals surface area contributed by atoms with Crippen LogP contribution in [0.1, 0.15) is 28.9 Å². The number of hydrogen-bond acceptors (Lipinski definition) is 8. The van der Waals surface area contributed by atoms with Gasteiger partial charge in [0.05, 0.1) is 19.9 Å². The number of methoxy groups -OCH3 is 1. The highest BCUT2D eigenvalue weighted by Gasteiger charge is 2.33. The van der Waals surface area contributed by atoms with Crippen molar-refractivity contribution in [3.05, 3.63) is 47.9 Å². The molecule has 0 bridgehead atoms. The van der Waals surface area contributed by atoms with Gasteiger partial charge in [-0.05, 0) is 19.1 Å². The molecule has 24 heavy (non-hydrogen) atoms. The minimum atomic E-state index is -0.736. The van der Waals surface area contributed by atoms with Gasteiger partial charge in [0.2, 0.25) is 17.7 Å². The van der Waals surface area contributed by atoms with Gasteiger partial charge in [-0.15, -0.1) is 0 Å². The number of ether oxygens (including phenoxy) is 1. The van der Waals surface area contributed by atoms with Crippen LogP contribution in [-0.4, -0.2) is 45.8 Å². The number of furan rings is 1. The molecule has 0 N–H and O–H groups in total. The van der Waals surface area contributed by atoms with E-state index in [1.165, 1.54) is 36.7 Å². The number of oxime groups is 1. The summed E-state index contributed by atoms with van der Waals surface area (Å²) in [5.74, 6) is -0.219. The van der Waals surface area contributed by atoms with Gasteiger partial charge in [-0.2, -0.15) is 0 Å². The lowest BCUT2D eigenvalue weighted by molar-refractivity contribution is -0.142. The number of rotatable bonds is 4. The van der Waals surface area contributed by atoms with Crippen molar-refractivity contribution in [1.29, 1.82) is 0 Å². The highest BCUT2D eigenvalue weighted by molar-refractivity contribution is 6.08. The zero-order valence-electron chi connectivity index (χ0n) is 13.0. The number of amides is 1. The average molecular weight is 330 g/mol. The SMILES string of the molecule is COC(=O)c1ccc(CN2C(=O)C(C)ON=C2c2cnccn2)o1. The summed E-state index contributed by atoms with van der Waals surface area (Å²) in [5.41, 5.74) is 0.387. The number of carbonyl (C=O) groups excluding carboxylic acids is 2. The molecule has 3 heterocycles. The first-order valence-electron chi connectivity index (χ1n) is 7.08. The summed E-state index contributed by atoms with van der Waals surface area (Å²) >= 11 is 0. The molecule has 2 aromatic rings. The van der Waals surface area contributed by atoms with Gasteiger partial charge in [0, 0.05) is 12.4 Å². The van der Waals surface area contributed by atoms with E-state index in [9.17, 15) is 9.59 Å². The van der Waals surface area contributed by atoms with Crippen molar-refractivity contribution in [2.24, 2.45) is 5.16 Å². The zero-order chi connectivity index (χ0) is 17.1. The molecule has 3 rings (SSSR count). The van der Waals surface area contributed by atoms with Crippen molar-refractivity contribution in [2.45, 2.75) is 19.6 Å². The molecule has 0 saturated heterocycles. The third-order valence-electron chi connectivity index (χ3n) is 3.32. The Morgan fingerprint density at radius 1 is 1.38 bits per heavy atom. The second kappa shape index (κ2) is 6.49. The Hall–Kier alpha value is -3.23. The predicted molar refractivity (Wildman–Crippen MR) is 79.7 cm³/mol. The van der Waals surface area contributed by atoms with Crippen LogP contribution >= 0.6 is 0 Å². The van der Waals surface area contributed by atoms with Crippen molar-refractivity contribution in [2.75, 3.05) is 7.11 Å². The fourth-order valence-electron chi connectivity index (χ4n) is 2.13. The summed E-state index contributed by atoms with van der Waals surface area (Å²) in [6, 6.07) is 3.07. The molecule has 1 unspecified atom stereocenters. The van der Waals surface area contributed by atoms with Gasteiger partial charge in [-0.25, -0.2) is 9.78 Å². The number of carbonyl (C=O) groups is 2. The first-order valence-corrected chi connectivity index (χ1v) is 7.08. The Labute approximate surface area is 136 Å². The summed E-state index contributed by atoms with van der Waals surface area (Å²) in [6.07, 6.45) is 3.74. The molecule has 124 valence electrons. The van der Waals surface area contributed by atoms with E-state index in [-0.39, 0.29) is 24.0 Å². The van der Waals surface area contributed by atoms with E-state index in [1.54, 1.807) is 13.0 Å². The summed E-state index contributed by atoms with van der Waals surface area (Å²) in [4.78, 5) is 38.5. The van der Waals surface area contributed by atoms with E-state index in [0.717, 1.165) is 0 Å². The van der Waals surface area contributed by atoms with Crippen molar-refractivity contribution < 1.29 is 23.6 Å². The highest BCUT2D eigenvalue weighted by atomic mass is 16.6. The molecule has 1 aliphatic heterocycles. The van der Waals surface area contributed by atoms with Crippen LogP contribution in [0.5, 0.6) is 0 Å². The molecular formula is C15H14N4O5. The average Bonchev–Trinajstić information content (AvgIpc) is 3.08. The number of amidine groups is 1. The van der Waals surface area contributed by atoms with Crippen molar-refractivity contribution >= 4 is 17.7 Å². The summed E-state index contributed by atoms with van der Waals surface area (Å²) in [6.45, 7) is 1.66. The normalized spacial score (nSPS) is 17.2. The molecule has 9 nitrogen and oxygen atoms in total. The minimum Gasteiger partial charge on any atom is -0.463 e. The molecule has 0 fully saturated rings. The van der Waals surface area contributed by atoms with Gasteiger partial charge in [0.1, 0.15) is 11.5 Å². The van der Waals surface area contributed by atoms with E-state index < -0.39 is 12.1 Å². The van der Waals surface area contributed by atoms with Gasteiger partial charge in [0.15, 0.2) is 0 Å². The number of esters is 1. The van der Waals surface area contributed by atoms with E-state index in [0.29, 0.717) is 11.5 Å². The van der Waals surface area contributed by atoms with Crippen molar-refractivity contribution in [3.8, 4) is 0 Å². The maximum atomic E-state index is 12.4. The van der Waals surface area contributed by atoms with Gasteiger partial charge in [0.25, 0.3) is 5.91 Å². The second-order valence-electron chi connectivity index (χ2n) is 4.94. The van der Waals surface area contributed by atoms with Crippen LogP contribution in [-0.2, 0) is 20.9 Å². The molecule has 1 aliphatic rings. The largest absolute Gasteiger partial charge is 0.463 e. The number of aromatic nitrogens is 2. The van der Waals surface area contributed by atoms with Gasteiger partial charge >= 0.3 is 5.97 Å². The van der Waals surface area contributed by atoms with Gasteiger partial charge in [-0.1, -0.05) is 5.16 Å². The third kappa shape index (κ3) is 2.96. The first kappa shape index (κ1) is 15.7. The standard InChI is InChI=1S/C15H14N4O5/c1-9-14(20)19(8-10-3-4-12(23-10)15(21)22-2)13(18-24-9)11-7-16-5-6-17-11/h3-7,9H,8H2,1-2H3. The Kier molecular flexibility index (Phi) is 4.23. The lowest BCUT2D eigenvalue weighted by Crippen LogP contribution is -2.46. The number of nitrogens with zero attached hydrogens (tertiary/aromatic N) is 4. The van der Waals surface area contributed by atoms with Crippen LogP contribution in [0.25, 0.3) is 0 Å². The number of hydrogen-bond donors (Lipinski definition) is 0. The van der Waals surface area contributed by atoms with E-state index >= 15 is 0 Å². The molecule has 2 aromatic heterocycles. The predicted octanol–water partition coefficient (Wildman–Crippen LogP) is 0.965. The molecule has 0 radical (unpaired) electrons. The smallest absolute Gasteiger partial charge is 0.373 e. The lowest BCUT2D eigenvalue weighted by Gasteiger charge is -2.28. The fourth-order valence-corrected chi connectivity index (χ4v) is 2.13. The quantitative estimate of drug-likeness (QED) is 0.769. The lowest BCUT2D eigenvalue weighted by atomic mass is 10.2. The maximum Gasteiger partial charge on any atom is 0.373 e. The molecule has 0 spiro atoms. The molecule has 0 aromatic carbocycles. The van der Waals surface area contributed by atoms with Crippen molar-refractivity contribution in [3.63, 3.8) is 0 Å². The third-order valence-corrected chi connectivity index (χ3v) is 3.32. The Balaban J connectivity index is 1.89. The van der Waals surface area contributed by atoms with Crippen LogP contribution in [0, 0.1) is 0 Å². The molecule has 1 amide bonds. The monoisotopic (exact) mass is 330 g/mol. The van der Waals surface area contributed by atoms with E-state index in [1.807, 2.05) is 0 Å². The second-order valence-corrected chi connectivity index (χ2v) is 4.94. The molecule has 9 heteroatoms. The van der Waals surface area contributed by atoms with Crippen LogP contribution in [0.3, 0.4) is 0 Å². The van der Waals surface area contributed by atoms with Crippen LogP contribution in [0.15, 0.2) is 40.3 Å². The molecule has 0 aliphatic carbocycles. The Morgan fingerprint density at radius 2 is 2.21 bits per heavy atom. The van der Waals surface area contributed by atoms with Crippen LogP contribution in [0.2, 0.25) is 0 Å². The zero-order valence-corrected chi connectivity index (χ0v) is 13.0. The molecule has 1 atom stereocenters. The summed E-state index contributed by atoms with van der Waals surface area (Å²) < 4.78 is 10.00. The maximum absolute atomic E-state index is 12.4. The fraction of sp³-hybridized carbons (Fsp3) is 0.267. The summed E-state index contributed by atoms with van der Waals surface area (Å²) in [5, 5.41) is 3.95. The van der Waals surface area contributed by atoms with Crippen molar-refractivity contribution in [1.82, 2.24) is 14.9 Å².